The maximum absolute atomic E-state index is 10.9. The molecule has 0 bridgehead atoms. The van der Waals surface area contributed by atoms with E-state index >= 15 is 0 Å². The Morgan fingerprint density at radius 2 is 2.10 bits per heavy atom. The lowest BCUT2D eigenvalue weighted by molar-refractivity contribution is -0.123. The SMILES string of the molecule is CC1C(=O)N(Br)C(=O)N1Cl. The number of hydrogen-bond acceptors (Lipinski definition) is 2. The number of imide groups is 1. The van der Waals surface area contributed by atoms with Crippen LogP contribution in [0.4, 0.5) is 4.79 Å². The van der Waals surface area contributed by atoms with Crippen molar-refractivity contribution < 1.29 is 9.59 Å². The zero-order chi connectivity index (χ0) is 7.89. The van der Waals surface area contributed by atoms with Gasteiger partial charge in [0.25, 0.3) is 5.91 Å². The molecule has 1 aliphatic rings. The molecule has 0 spiro atoms. The maximum atomic E-state index is 10.9. The molecule has 1 fully saturated rings. The molecule has 0 aromatic heterocycles. The number of carbonyl (C=O) groups is 2. The number of nitrogens with zero attached hydrogens (tertiary/aromatic N) is 2. The van der Waals surface area contributed by atoms with Crippen LogP contribution in [-0.4, -0.2) is 26.3 Å². The maximum Gasteiger partial charge on any atom is 0.352 e. The van der Waals surface area contributed by atoms with E-state index in [2.05, 4.69) is 16.1 Å². The largest absolute Gasteiger partial charge is 0.352 e. The first-order valence-corrected chi connectivity index (χ1v) is 3.59. The Kier molecular flexibility index (Phi) is 1.87. The third kappa shape index (κ3) is 0.894. The summed E-state index contributed by atoms with van der Waals surface area (Å²) in [7, 11) is 0. The highest BCUT2D eigenvalue weighted by atomic mass is 79.9. The van der Waals surface area contributed by atoms with Gasteiger partial charge in [0, 0.05) is 11.8 Å². The molecule has 1 heterocycles. The van der Waals surface area contributed by atoms with E-state index in [1.807, 2.05) is 0 Å². The number of rotatable bonds is 0. The molecule has 1 saturated heterocycles. The normalized spacial score (nSPS) is 26.5. The molecule has 0 aliphatic carbocycles. The molecule has 1 aliphatic heterocycles. The molecule has 0 N–H and O–H groups in total. The second kappa shape index (κ2) is 2.39. The molecule has 0 radical (unpaired) electrons. The van der Waals surface area contributed by atoms with E-state index in [0.29, 0.717) is 0 Å². The molecule has 4 nitrogen and oxygen atoms in total. The molecular weight excluding hydrogens is 223 g/mol. The van der Waals surface area contributed by atoms with E-state index in [-0.39, 0.29) is 5.91 Å². The smallest absolute Gasteiger partial charge is 0.271 e. The van der Waals surface area contributed by atoms with Crippen LogP contribution in [0.15, 0.2) is 0 Å². The van der Waals surface area contributed by atoms with Crippen LogP contribution in [0.2, 0.25) is 0 Å². The van der Waals surface area contributed by atoms with Crippen LogP contribution in [0, 0.1) is 0 Å². The van der Waals surface area contributed by atoms with Gasteiger partial charge in [0.1, 0.15) is 6.04 Å². The third-order valence-corrected chi connectivity index (χ3v) is 2.33. The van der Waals surface area contributed by atoms with Gasteiger partial charge in [-0.25, -0.2) is 9.21 Å². The fraction of sp³-hybridized carbons (Fsp3) is 0.500. The number of amides is 3. The molecule has 0 aromatic carbocycles. The van der Waals surface area contributed by atoms with E-state index in [1.165, 1.54) is 0 Å². The lowest BCUT2D eigenvalue weighted by atomic mass is 10.4. The van der Waals surface area contributed by atoms with E-state index in [4.69, 9.17) is 11.8 Å². The molecule has 6 heteroatoms. The van der Waals surface area contributed by atoms with Crippen LogP contribution in [0.3, 0.4) is 0 Å². The first kappa shape index (κ1) is 7.81. The van der Waals surface area contributed by atoms with Crippen molar-refractivity contribution in [2.75, 3.05) is 0 Å². The van der Waals surface area contributed by atoms with E-state index in [1.54, 1.807) is 6.92 Å². The fourth-order valence-corrected chi connectivity index (χ4v) is 1.32. The summed E-state index contributed by atoms with van der Waals surface area (Å²) in [6, 6.07) is -1.12. The molecule has 10 heavy (non-hydrogen) atoms. The van der Waals surface area contributed by atoms with Gasteiger partial charge in [-0.3, -0.25) is 4.79 Å². The van der Waals surface area contributed by atoms with Gasteiger partial charge in [-0.15, -0.1) is 0 Å². The van der Waals surface area contributed by atoms with Gasteiger partial charge >= 0.3 is 6.03 Å². The van der Waals surface area contributed by atoms with E-state index in [0.717, 1.165) is 8.34 Å². The average Bonchev–Trinajstić information content (AvgIpc) is 2.07. The number of hydrogen-bond donors (Lipinski definition) is 0. The van der Waals surface area contributed by atoms with Crippen LogP contribution in [0.1, 0.15) is 6.92 Å². The minimum atomic E-state index is -0.575. The van der Waals surface area contributed by atoms with Gasteiger partial charge in [0.2, 0.25) is 0 Å². The number of carbonyl (C=O) groups excluding carboxylic acids is 2. The summed E-state index contributed by atoms with van der Waals surface area (Å²) < 4.78 is 1.65. The van der Waals surface area contributed by atoms with Crippen molar-refractivity contribution in [1.82, 2.24) is 8.34 Å². The first-order valence-electron chi connectivity index (χ1n) is 2.54. The van der Waals surface area contributed by atoms with Gasteiger partial charge in [0.05, 0.1) is 16.1 Å². The van der Waals surface area contributed by atoms with Crippen molar-refractivity contribution >= 4 is 39.9 Å². The Bertz CT molecular complexity index is 178. The monoisotopic (exact) mass is 226 g/mol. The Morgan fingerprint density at radius 1 is 1.60 bits per heavy atom. The topological polar surface area (TPSA) is 40.6 Å². The van der Waals surface area contributed by atoms with Crippen LogP contribution >= 0.6 is 27.9 Å². The molecule has 0 aromatic rings. The highest BCUT2D eigenvalue weighted by Crippen LogP contribution is 2.21. The van der Waals surface area contributed by atoms with Crippen molar-refractivity contribution in [3.05, 3.63) is 0 Å². The summed E-state index contributed by atoms with van der Waals surface area (Å²) in [6.07, 6.45) is 0. The van der Waals surface area contributed by atoms with Crippen molar-refractivity contribution in [2.45, 2.75) is 13.0 Å². The lowest BCUT2D eigenvalue weighted by Gasteiger charge is -2.04. The second-order valence-electron chi connectivity index (χ2n) is 1.89. The van der Waals surface area contributed by atoms with Crippen molar-refractivity contribution in [2.24, 2.45) is 0 Å². The van der Waals surface area contributed by atoms with Crippen LogP contribution in [0.5, 0.6) is 0 Å². The van der Waals surface area contributed by atoms with Gasteiger partial charge in [0.15, 0.2) is 0 Å². The summed E-state index contributed by atoms with van der Waals surface area (Å²) >= 11 is 8.15. The molecule has 1 atom stereocenters. The lowest BCUT2D eigenvalue weighted by Crippen LogP contribution is -2.22. The third-order valence-electron chi connectivity index (χ3n) is 1.24. The molecule has 1 unspecified atom stereocenters. The van der Waals surface area contributed by atoms with Crippen LogP contribution < -0.4 is 0 Å². The Balaban J connectivity index is 2.89. The Labute approximate surface area is 71.2 Å². The van der Waals surface area contributed by atoms with Gasteiger partial charge in [-0.05, 0) is 6.92 Å². The summed E-state index contributed by atoms with van der Waals surface area (Å²) in [5.41, 5.74) is 0. The van der Waals surface area contributed by atoms with Gasteiger partial charge < -0.3 is 0 Å². The quantitative estimate of drug-likeness (QED) is 0.459. The summed E-state index contributed by atoms with van der Waals surface area (Å²) in [5, 5.41) is 0. The van der Waals surface area contributed by atoms with Crippen molar-refractivity contribution in [3.8, 4) is 0 Å². The van der Waals surface area contributed by atoms with Crippen LogP contribution in [0.25, 0.3) is 0 Å². The highest BCUT2D eigenvalue weighted by molar-refractivity contribution is 9.08. The van der Waals surface area contributed by atoms with E-state index < -0.39 is 12.1 Å². The Morgan fingerprint density at radius 3 is 2.20 bits per heavy atom. The first-order chi connectivity index (χ1) is 4.55. The summed E-state index contributed by atoms with van der Waals surface area (Å²) in [5.74, 6) is -0.347. The molecule has 56 valence electrons. The number of urea groups is 1. The predicted molar refractivity (Wildman–Crippen MR) is 38.3 cm³/mol. The predicted octanol–water partition coefficient (Wildman–Crippen LogP) is 1.10. The van der Waals surface area contributed by atoms with Gasteiger partial charge in [-0.2, -0.15) is 3.93 Å². The van der Waals surface area contributed by atoms with Crippen LogP contribution in [-0.2, 0) is 4.79 Å². The zero-order valence-corrected chi connectivity index (χ0v) is 7.39. The summed E-state index contributed by atoms with van der Waals surface area (Å²) in [6.45, 7) is 1.55. The molecular formula is C4H4BrClN2O2. The van der Waals surface area contributed by atoms with Crippen molar-refractivity contribution in [1.29, 1.82) is 0 Å². The number of halogens is 2. The molecule has 3 amide bonds. The average molecular weight is 227 g/mol. The highest BCUT2D eigenvalue weighted by Gasteiger charge is 2.40. The zero-order valence-electron chi connectivity index (χ0n) is 5.04. The van der Waals surface area contributed by atoms with E-state index in [9.17, 15) is 9.59 Å². The Hall–Kier alpha value is -0.290. The minimum absolute atomic E-state index is 0.347. The fourth-order valence-electron chi connectivity index (χ4n) is 0.605. The van der Waals surface area contributed by atoms with Crippen molar-refractivity contribution in [3.63, 3.8) is 0 Å². The van der Waals surface area contributed by atoms with Gasteiger partial charge in [-0.1, -0.05) is 0 Å². The second-order valence-corrected chi connectivity index (χ2v) is 2.96. The molecule has 1 rings (SSSR count). The minimum Gasteiger partial charge on any atom is -0.271 e. The summed E-state index contributed by atoms with van der Waals surface area (Å²) in [4.78, 5) is 21.6. The molecule has 0 saturated carbocycles. The standard InChI is InChI=1S/C4H4BrClN2O2/c1-2-3(9)7(5)4(10)8(2)6/h2H,1H3.